The van der Waals surface area contributed by atoms with Crippen molar-refractivity contribution < 1.29 is 0 Å². The first kappa shape index (κ1) is 10.2. The van der Waals surface area contributed by atoms with E-state index in [0.717, 1.165) is 5.82 Å². The minimum atomic E-state index is -0.0307. The highest BCUT2D eigenvalue weighted by Crippen LogP contribution is 2.32. The summed E-state index contributed by atoms with van der Waals surface area (Å²) >= 11 is 0. The van der Waals surface area contributed by atoms with Gasteiger partial charge >= 0.3 is 5.69 Å². The van der Waals surface area contributed by atoms with E-state index in [1.165, 1.54) is 30.4 Å². The Morgan fingerprint density at radius 1 is 1.53 bits per heavy atom. The molecule has 1 fully saturated rings. The Labute approximate surface area is 89.2 Å². The number of allylic oxidation sites excluding steroid dienone is 1. The molecule has 1 heterocycles. The van der Waals surface area contributed by atoms with Crippen LogP contribution in [0.2, 0.25) is 0 Å². The summed E-state index contributed by atoms with van der Waals surface area (Å²) in [4.78, 5) is 11.8. The highest BCUT2D eigenvalue weighted by atomic mass is 16.2. The summed E-state index contributed by atoms with van der Waals surface area (Å²) in [6.45, 7) is 4.12. The molecule has 1 saturated carbocycles. The molecular formula is C11H17N3O. The molecule has 82 valence electrons. The Kier molecular flexibility index (Phi) is 2.75. The van der Waals surface area contributed by atoms with Crippen molar-refractivity contribution in [2.75, 3.05) is 0 Å². The van der Waals surface area contributed by atoms with Crippen LogP contribution in [0.5, 0.6) is 0 Å². The van der Waals surface area contributed by atoms with E-state index >= 15 is 0 Å². The van der Waals surface area contributed by atoms with E-state index in [0.29, 0.717) is 12.5 Å². The fourth-order valence-electron chi connectivity index (χ4n) is 2.29. The molecule has 1 aromatic heterocycles. The van der Waals surface area contributed by atoms with Crippen LogP contribution >= 0.6 is 0 Å². The minimum Gasteiger partial charge on any atom is -0.282 e. The molecule has 1 aliphatic carbocycles. The van der Waals surface area contributed by atoms with E-state index in [4.69, 9.17) is 0 Å². The quantitative estimate of drug-likeness (QED) is 0.703. The first-order valence-corrected chi connectivity index (χ1v) is 5.48. The van der Waals surface area contributed by atoms with Gasteiger partial charge in [-0.1, -0.05) is 18.9 Å². The summed E-state index contributed by atoms with van der Waals surface area (Å²) in [5, 5.41) is 4.38. The van der Waals surface area contributed by atoms with Crippen LogP contribution in [-0.2, 0) is 13.6 Å². The van der Waals surface area contributed by atoms with Crippen molar-refractivity contribution in [3.8, 4) is 0 Å². The fourth-order valence-corrected chi connectivity index (χ4v) is 2.29. The topological polar surface area (TPSA) is 39.8 Å². The average Bonchev–Trinajstić information content (AvgIpc) is 2.82. The lowest BCUT2D eigenvalue weighted by Crippen LogP contribution is -2.23. The number of aromatic nitrogens is 3. The van der Waals surface area contributed by atoms with E-state index in [9.17, 15) is 4.79 Å². The van der Waals surface area contributed by atoms with Gasteiger partial charge < -0.3 is 0 Å². The fraction of sp³-hybridized carbons (Fsp3) is 0.636. The summed E-state index contributed by atoms with van der Waals surface area (Å²) in [7, 11) is 1.81. The van der Waals surface area contributed by atoms with Crippen LogP contribution in [0, 0.1) is 0 Å². The number of rotatable bonds is 3. The van der Waals surface area contributed by atoms with E-state index in [1.54, 1.807) is 10.6 Å². The maximum absolute atomic E-state index is 11.8. The molecule has 0 aromatic carbocycles. The van der Waals surface area contributed by atoms with Crippen LogP contribution in [0.4, 0.5) is 0 Å². The second-order valence-corrected chi connectivity index (χ2v) is 4.15. The van der Waals surface area contributed by atoms with Crippen molar-refractivity contribution >= 4 is 0 Å². The molecule has 0 aliphatic heterocycles. The maximum Gasteiger partial charge on any atom is 0.345 e. The van der Waals surface area contributed by atoms with Crippen molar-refractivity contribution in [1.29, 1.82) is 0 Å². The zero-order valence-electron chi connectivity index (χ0n) is 9.15. The van der Waals surface area contributed by atoms with Crippen LogP contribution in [0.15, 0.2) is 17.4 Å². The van der Waals surface area contributed by atoms with Gasteiger partial charge in [0.25, 0.3) is 0 Å². The molecule has 0 atom stereocenters. The smallest absolute Gasteiger partial charge is 0.282 e. The summed E-state index contributed by atoms with van der Waals surface area (Å²) in [5.74, 6) is 1.42. The Balaban J connectivity index is 2.35. The number of hydrogen-bond acceptors (Lipinski definition) is 2. The van der Waals surface area contributed by atoms with Gasteiger partial charge in [0.1, 0.15) is 5.82 Å². The monoisotopic (exact) mass is 207 g/mol. The summed E-state index contributed by atoms with van der Waals surface area (Å²) in [6.07, 6.45) is 6.55. The predicted octanol–water partition coefficient (Wildman–Crippen LogP) is 1.43. The normalized spacial score (nSPS) is 17.1. The SMILES string of the molecule is C=CCn1nc(C2CCCC2)n(C)c1=O. The highest BCUT2D eigenvalue weighted by molar-refractivity contribution is 4.99. The molecule has 0 radical (unpaired) electrons. The molecule has 2 rings (SSSR count). The first-order valence-electron chi connectivity index (χ1n) is 5.48. The average molecular weight is 207 g/mol. The lowest BCUT2D eigenvalue weighted by atomic mass is 10.1. The van der Waals surface area contributed by atoms with Crippen LogP contribution in [0.1, 0.15) is 37.4 Å². The second-order valence-electron chi connectivity index (χ2n) is 4.15. The zero-order valence-corrected chi connectivity index (χ0v) is 9.15. The summed E-state index contributed by atoms with van der Waals surface area (Å²) in [6, 6.07) is 0. The van der Waals surface area contributed by atoms with Gasteiger partial charge in [-0.05, 0) is 12.8 Å². The number of hydrogen-bond donors (Lipinski definition) is 0. The molecule has 1 aromatic rings. The van der Waals surface area contributed by atoms with Crippen molar-refractivity contribution in [1.82, 2.24) is 14.3 Å². The molecule has 0 spiro atoms. The molecule has 15 heavy (non-hydrogen) atoms. The van der Waals surface area contributed by atoms with Gasteiger partial charge in [-0.3, -0.25) is 4.57 Å². The molecule has 0 N–H and O–H groups in total. The second kappa shape index (κ2) is 4.04. The largest absolute Gasteiger partial charge is 0.345 e. The molecule has 0 unspecified atom stereocenters. The molecule has 0 saturated heterocycles. The first-order chi connectivity index (χ1) is 7.24. The third-order valence-corrected chi connectivity index (χ3v) is 3.10. The lowest BCUT2D eigenvalue weighted by Gasteiger charge is -2.05. The third kappa shape index (κ3) is 1.76. The molecule has 0 amide bonds. The Bertz CT molecular complexity index is 410. The van der Waals surface area contributed by atoms with E-state index in [-0.39, 0.29) is 5.69 Å². The van der Waals surface area contributed by atoms with Gasteiger partial charge in [0.2, 0.25) is 0 Å². The van der Waals surface area contributed by atoms with Crippen LogP contribution in [0.3, 0.4) is 0 Å². The van der Waals surface area contributed by atoms with Crippen LogP contribution < -0.4 is 5.69 Å². The molecule has 0 bridgehead atoms. The third-order valence-electron chi connectivity index (χ3n) is 3.10. The van der Waals surface area contributed by atoms with Crippen LogP contribution in [-0.4, -0.2) is 14.3 Å². The van der Waals surface area contributed by atoms with Gasteiger partial charge in [0.05, 0.1) is 6.54 Å². The van der Waals surface area contributed by atoms with Gasteiger partial charge in [-0.2, -0.15) is 5.10 Å². The molecule has 4 heteroatoms. The van der Waals surface area contributed by atoms with E-state index < -0.39 is 0 Å². The van der Waals surface area contributed by atoms with Gasteiger partial charge in [0.15, 0.2) is 0 Å². The van der Waals surface area contributed by atoms with E-state index in [2.05, 4.69) is 11.7 Å². The van der Waals surface area contributed by atoms with Gasteiger partial charge in [-0.25, -0.2) is 9.48 Å². The lowest BCUT2D eigenvalue weighted by molar-refractivity contribution is 0.614. The van der Waals surface area contributed by atoms with E-state index in [1.807, 2.05) is 7.05 Å². The van der Waals surface area contributed by atoms with Crippen molar-refractivity contribution in [3.63, 3.8) is 0 Å². The minimum absolute atomic E-state index is 0.0307. The Hall–Kier alpha value is -1.32. The molecule has 4 nitrogen and oxygen atoms in total. The summed E-state index contributed by atoms with van der Waals surface area (Å²) < 4.78 is 3.17. The Morgan fingerprint density at radius 2 is 2.20 bits per heavy atom. The summed E-state index contributed by atoms with van der Waals surface area (Å²) in [5.41, 5.74) is -0.0307. The zero-order chi connectivity index (χ0) is 10.8. The number of nitrogens with zero attached hydrogens (tertiary/aromatic N) is 3. The Morgan fingerprint density at radius 3 is 2.80 bits per heavy atom. The van der Waals surface area contributed by atoms with Crippen molar-refractivity contribution in [2.24, 2.45) is 7.05 Å². The van der Waals surface area contributed by atoms with Gasteiger partial charge in [0, 0.05) is 13.0 Å². The predicted molar refractivity (Wildman–Crippen MR) is 58.9 cm³/mol. The highest BCUT2D eigenvalue weighted by Gasteiger charge is 2.23. The van der Waals surface area contributed by atoms with Crippen LogP contribution in [0.25, 0.3) is 0 Å². The van der Waals surface area contributed by atoms with Crippen molar-refractivity contribution in [3.05, 3.63) is 29.0 Å². The van der Waals surface area contributed by atoms with Crippen molar-refractivity contribution in [2.45, 2.75) is 38.1 Å². The standard InChI is InChI=1S/C11H17N3O/c1-3-8-14-11(15)13(2)10(12-14)9-6-4-5-7-9/h3,9H,1,4-8H2,2H3. The maximum atomic E-state index is 11.8. The molecule has 1 aliphatic rings. The van der Waals surface area contributed by atoms with Gasteiger partial charge in [-0.15, -0.1) is 6.58 Å². The molecular weight excluding hydrogens is 190 g/mol.